The number of ether oxygens (including phenoxy) is 1. The number of carbonyl (C=O) groups excluding carboxylic acids is 1. The van der Waals surface area contributed by atoms with Crippen molar-refractivity contribution in [2.75, 3.05) is 74.2 Å². The summed E-state index contributed by atoms with van der Waals surface area (Å²) in [4.78, 5) is 32.9. The van der Waals surface area contributed by atoms with Crippen LogP contribution in [0.5, 0.6) is 5.75 Å². The fourth-order valence-corrected chi connectivity index (χ4v) is 5.57. The van der Waals surface area contributed by atoms with Gasteiger partial charge in [-0.15, -0.1) is 0 Å². The third-order valence-electron chi connectivity index (χ3n) is 7.21. The normalized spacial score (nSPS) is 15.9. The van der Waals surface area contributed by atoms with E-state index in [1.165, 1.54) is 0 Å². The summed E-state index contributed by atoms with van der Waals surface area (Å²) >= 11 is 3.43. The van der Waals surface area contributed by atoms with Crippen LogP contribution in [-0.4, -0.2) is 75.2 Å². The fourth-order valence-electron chi connectivity index (χ4n) is 5.17. The number of nitro benzene ring substituents is 1. The zero-order valence-corrected chi connectivity index (χ0v) is 22.8. The highest BCUT2D eigenvalue weighted by Gasteiger charge is 2.28. The summed E-state index contributed by atoms with van der Waals surface area (Å²) in [6, 6.07) is 20.7. The lowest BCUT2D eigenvalue weighted by Gasteiger charge is -2.39. The first-order chi connectivity index (χ1) is 18.4. The topological polar surface area (TPSA) is 82.4 Å². The number of nitrogens with zero attached hydrogens (tertiary/aromatic N) is 5. The number of carbonyl (C=O) groups is 1. The standard InChI is InChI=1S/C28H30BrN5O4/c1-38-27-8-3-2-7-25(27)31-13-15-32(16-14-31)26-20-23(9-10-24(26)34(36)37)30-11-17-33(18-12-30)28(35)21-5-4-6-22(29)19-21/h2-10,19-20H,11-18H2,1H3. The highest BCUT2D eigenvalue weighted by atomic mass is 79.9. The molecule has 3 aromatic rings. The molecule has 1 amide bonds. The van der Waals surface area contributed by atoms with E-state index in [2.05, 4.69) is 30.6 Å². The summed E-state index contributed by atoms with van der Waals surface area (Å²) < 4.78 is 6.40. The minimum atomic E-state index is -0.305. The van der Waals surface area contributed by atoms with E-state index in [-0.39, 0.29) is 16.5 Å². The minimum absolute atomic E-state index is 0.0169. The molecule has 0 aromatic heterocycles. The Kier molecular flexibility index (Phi) is 7.69. The van der Waals surface area contributed by atoms with Crippen LogP contribution in [0.25, 0.3) is 0 Å². The summed E-state index contributed by atoms with van der Waals surface area (Å²) in [5.74, 6) is 0.842. The molecule has 9 nitrogen and oxygen atoms in total. The van der Waals surface area contributed by atoms with Crippen LogP contribution in [0.4, 0.5) is 22.7 Å². The van der Waals surface area contributed by atoms with Gasteiger partial charge in [0.2, 0.25) is 0 Å². The largest absolute Gasteiger partial charge is 0.495 e. The van der Waals surface area contributed by atoms with Crippen molar-refractivity contribution in [1.29, 1.82) is 0 Å². The highest BCUT2D eigenvalue weighted by molar-refractivity contribution is 9.10. The van der Waals surface area contributed by atoms with E-state index < -0.39 is 0 Å². The smallest absolute Gasteiger partial charge is 0.292 e. The van der Waals surface area contributed by atoms with Gasteiger partial charge in [0.15, 0.2) is 0 Å². The molecule has 2 saturated heterocycles. The second-order valence-corrected chi connectivity index (χ2v) is 10.3. The second kappa shape index (κ2) is 11.3. The number of methoxy groups -OCH3 is 1. The average molecular weight is 580 g/mol. The van der Waals surface area contributed by atoms with Crippen LogP contribution in [-0.2, 0) is 0 Å². The number of hydrogen-bond donors (Lipinski definition) is 0. The fraction of sp³-hybridized carbons (Fsp3) is 0.321. The molecule has 5 rings (SSSR count). The third kappa shape index (κ3) is 5.40. The molecule has 2 fully saturated rings. The lowest BCUT2D eigenvalue weighted by atomic mass is 10.1. The first-order valence-corrected chi connectivity index (χ1v) is 13.4. The van der Waals surface area contributed by atoms with Crippen molar-refractivity contribution in [2.24, 2.45) is 0 Å². The van der Waals surface area contributed by atoms with Gasteiger partial charge in [-0.2, -0.15) is 0 Å². The summed E-state index contributed by atoms with van der Waals surface area (Å²) in [5, 5.41) is 11.9. The Hall–Kier alpha value is -3.79. The zero-order valence-electron chi connectivity index (χ0n) is 21.3. The number of halogens is 1. The van der Waals surface area contributed by atoms with E-state index in [9.17, 15) is 14.9 Å². The van der Waals surface area contributed by atoms with E-state index in [1.807, 2.05) is 65.6 Å². The van der Waals surface area contributed by atoms with Crippen LogP contribution in [0.1, 0.15) is 10.4 Å². The van der Waals surface area contributed by atoms with Crippen molar-refractivity contribution in [3.05, 3.63) is 86.9 Å². The van der Waals surface area contributed by atoms with Gasteiger partial charge < -0.3 is 24.3 Å². The number of nitro groups is 1. The predicted molar refractivity (Wildman–Crippen MR) is 153 cm³/mol. The first kappa shape index (κ1) is 25.8. The van der Waals surface area contributed by atoms with Crippen molar-refractivity contribution < 1.29 is 14.5 Å². The van der Waals surface area contributed by atoms with Crippen molar-refractivity contribution in [3.63, 3.8) is 0 Å². The van der Waals surface area contributed by atoms with Crippen LogP contribution in [0.15, 0.2) is 71.2 Å². The monoisotopic (exact) mass is 579 g/mol. The predicted octanol–water partition coefficient (Wildman–Crippen LogP) is 4.65. The molecule has 0 aliphatic carbocycles. The lowest BCUT2D eigenvalue weighted by molar-refractivity contribution is -0.384. The van der Waals surface area contributed by atoms with Gasteiger partial charge in [-0.3, -0.25) is 14.9 Å². The van der Waals surface area contributed by atoms with Crippen molar-refractivity contribution >= 4 is 44.6 Å². The Bertz CT molecular complexity index is 1320. The molecule has 198 valence electrons. The van der Waals surface area contributed by atoms with E-state index in [4.69, 9.17) is 4.74 Å². The number of piperazine rings is 2. The van der Waals surface area contributed by atoms with Crippen LogP contribution >= 0.6 is 15.9 Å². The molecule has 0 spiro atoms. The molecule has 0 unspecified atom stereocenters. The van der Waals surface area contributed by atoms with Crippen LogP contribution in [0.3, 0.4) is 0 Å². The van der Waals surface area contributed by atoms with Gasteiger partial charge in [0.05, 0.1) is 17.7 Å². The van der Waals surface area contributed by atoms with E-state index in [0.717, 1.165) is 34.7 Å². The Labute approximate surface area is 230 Å². The van der Waals surface area contributed by atoms with Gasteiger partial charge in [0, 0.05) is 74.1 Å². The first-order valence-electron chi connectivity index (χ1n) is 12.7. The third-order valence-corrected chi connectivity index (χ3v) is 7.70. The van der Waals surface area contributed by atoms with Crippen molar-refractivity contribution in [1.82, 2.24) is 4.90 Å². The Morgan fingerprint density at radius 2 is 1.47 bits per heavy atom. The minimum Gasteiger partial charge on any atom is -0.495 e. The summed E-state index contributed by atoms with van der Waals surface area (Å²) in [6.07, 6.45) is 0. The Morgan fingerprint density at radius 3 is 2.13 bits per heavy atom. The molecule has 10 heteroatoms. The van der Waals surface area contributed by atoms with E-state index in [0.29, 0.717) is 50.5 Å². The van der Waals surface area contributed by atoms with Crippen LogP contribution in [0.2, 0.25) is 0 Å². The molecule has 0 N–H and O–H groups in total. The van der Waals surface area contributed by atoms with Gasteiger partial charge in [-0.05, 0) is 42.5 Å². The molecule has 0 bridgehead atoms. The Balaban J connectivity index is 1.28. The van der Waals surface area contributed by atoms with E-state index >= 15 is 0 Å². The van der Waals surface area contributed by atoms with Gasteiger partial charge >= 0.3 is 0 Å². The summed E-state index contributed by atoms with van der Waals surface area (Å²) in [5.41, 5.74) is 3.39. The van der Waals surface area contributed by atoms with Gasteiger partial charge in [-0.25, -0.2) is 0 Å². The maximum atomic E-state index is 12.9. The molecule has 38 heavy (non-hydrogen) atoms. The second-order valence-electron chi connectivity index (χ2n) is 9.37. The van der Waals surface area contributed by atoms with Crippen LogP contribution in [0, 0.1) is 10.1 Å². The molecule has 2 aliphatic heterocycles. The van der Waals surface area contributed by atoms with Gasteiger partial charge in [0.25, 0.3) is 11.6 Å². The molecule has 0 radical (unpaired) electrons. The highest BCUT2D eigenvalue weighted by Crippen LogP contribution is 2.35. The molecular weight excluding hydrogens is 550 g/mol. The number of hydrogen-bond acceptors (Lipinski definition) is 7. The molecule has 2 heterocycles. The molecule has 0 atom stereocenters. The Morgan fingerprint density at radius 1 is 0.816 bits per heavy atom. The quantitative estimate of drug-likeness (QED) is 0.310. The van der Waals surface area contributed by atoms with Gasteiger partial charge in [-0.1, -0.05) is 34.1 Å². The number of para-hydroxylation sites is 2. The van der Waals surface area contributed by atoms with Gasteiger partial charge in [0.1, 0.15) is 11.4 Å². The zero-order chi connectivity index (χ0) is 26.6. The van der Waals surface area contributed by atoms with Crippen LogP contribution < -0.4 is 19.4 Å². The molecule has 0 saturated carbocycles. The summed E-state index contributed by atoms with van der Waals surface area (Å²) in [7, 11) is 1.67. The maximum Gasteiger partial charge on any atom is 0.292 e. The number of benzene rings is 3. The maximum absolute atomic E-state index is 12.9. The van der Waals surface area contributed by atoms with Crippen molar-refractivity contribution in [2.45, 2.75) is 0 Å². The van der Waals surface area contributed by atoms with E-state index in [1.54, 1.807) is 13.2 Å². The SMILES string of the molecule is COc1ccccc1N1CCN(c2cc(N3CCN(C(=O)c4cccc(Br)c4)CC3)ccc2[N+](=O)[O-])CC1. The van der Waals surface area contributed by atoms with Crippen molar-refractivity contribution in [3.8, 4) is 5.75 Å². The summed E-state index contributed by atoms with van der Waals surface area (Å²) in [6.45, 7) is 5.31. The molecule has 3 aromatic carbocycles. The molecule has 2 aliphatic rings. The lowest BCUT2D eigenvalue weighted by Crippen LogP contribution is -2.49. The molecular formula is C28H30BrN5O4. The average Bonchev–Trinajstić information content (AvgIpc) is 2.96. The number of anilines is 3. The number of rotatable bonds is 6. The number of amides is 1.